The molecule has 1 heterocycles. The zero-order valence-electron chi connectivity index (χ0n) is 8.66. The van der Waals surface area contributed by atoms with Crippen molar-refractivity contribution >= 4 is 23.4 Å². The van der Waals surface area contributed by atoms with Crippen LogP contribution in [0.25, 0.3) is 0 Å². The average Bonchev–Trinajstić information content (AvgIpc) is 2.24. The van der Waals surface area contributed by atoms with Crippen LogP contribution >= 0.6 is 23.4 Å². The second-order valence-electron chi connectivity index (χ2n) is 4.08. The van der Waals surface area contributed by atoms with Crippen molar-refractivity contribution in [2.24, 2.45) is 11.7 Å². The minimum absolute atomic E-state index is 0.333. The molecule has 2 rings (SSSR count). The molecule has 0 saturated carbocycles. The number of rotatable bonds is 2. The molecule has 0 aliphatic carbocycles. The highest BCUT2D eigenvalue weighted by Gasteiger charge is 2.22. The maximum atomic E-state index is 6.15. The van der Waals surface area contributed by atoms with Crippen molar-refractivity contribution in [3.63, 3.8) is 0 Å². The number of nitrogens with two attached hydrogens (primary N) is 1. The fraction of sp³-hybridized carbons (Fsp3) is 0.500. The summed E-state index contributed by atoms with van der Waals surface area (Å²) in [6.45, 7) is 0. The first-order valence-corrected chi connectivity index (χ1v) is 6.87. The Bertz CT molecular complexity index is 329. The molecule has 2 unspecified atom stereocenters. The monoisotopic (exact) mass is 241 g/mol. The molecule has 1 aromatic rings. The second kappa shape index (κ2) is 5.24. The molecule has 1 aliphatic rings. The molecule has 3 heteroatoms. The number of halogens is 1. The van der Waals surface area contributed by atoms with E-state index in [4.69, 9.17) is 17.3 Å². The van der Waals surface area contributed by atoms with E-state index >= 15 is 0 Å². The van der Waals surface area contributed by atoms with Gasteiger partial charge in [-0.25, -0.2) is 0 Å². The molecule has 15 heavy (non-hydrogen) atoms. The van der Waals surface area contributed by atoms with Crippen LogP contribution in [0.1, 0.15) is 12.0 Å². The first-order valence-electron chi connectivity index (χ1n) is 5.34. The standard InChI is InChI=1S/C12H16ClNS/c13-11-4-2-1-3-9(11)7-10-5-6-15-8-12(10)14/h1-4,10,12H,5-8,14H2. The maximum Gasteiger partial charge on any atom is 0.0438 e. The van der Waals surface area contributed by atoms with E-state index in [9.17, 15) is 0 Å². The lowest BCUT2D eigenvalue weighted by atomic mass is 9.91. The minimum atomic E-state index is 0.333. The third-order valence-electron chi connectivity index (χ3n) is 2.99. The topological polar surface area (TPSA) is 26.0 Å². The van der Waals surface area contributed by atoms with Gasteiger partial charge >= 0.3 is 0 Å². The predicted octanol–water partition coefficient (Wildman–Crippen LogP) is 2.96. The molecular formula is C12H16ClNS. The fourth-order valence-electron chi connectivity index (χ4n) is 2.00. The van der Waals surface area contributed by atoms with Gasteiger partial charge in [0, 0.05) is 16.8 Å². The highest BCUT2D eigenvalue weighted by atomic mass is 35.5. The Morgan fingerprint density at radius 3 is 2.93 bits per heavy atom. The third kappa shape index (κ3) is 2.90. The number of benzene rings is 1. The quantitative estimate of drug-likeness (QED) is 0.862. The lowest BCUT2D eigenvalue weighted by Crippen LogP contribution is -2.37. The van der Waals surface area contributed by atoms with Crippen molar-refractivity contribution in [1.82, 2.24) is 0 Å². The van der Waals surface area contributed by atoms with Gasteiger partial charge in [0.1, 0.15) is 0 Å². The van der Waals surface area contributed by atoms with Crippen molar-refractivity contribution < 1.29 is 0 Å². The number of hydrogen-bond acceptors (Lipinski definition) is 2. The van der Waals surface area contributed by atoms with Gasteiger partial charge in [0.15, 0.2) is 0 Å². The SMILES string of the molecule is NC1CSCCC1Cc1ccccc1Cl. The van der Waals surface area contributed by atoms with Gasteiger partial charge in [-0.1, -0.05) is 29.8 Å². The van der Waals surface area contributed by atoms with Gasteiger partial charge < -0.3 is 5.73 Å². The molecule has 0 radical (unpaired) electrons. The van der Waals surface area contributed by atoms with Gasteiger partial charge in [0.2, 0.25) is 0 Å². The number of hydrogen-bond donors (Lipinski definition) is 1. The summed E-state index contributed by atoms with van der Waals surface area (Å²) >= 11 is 8.11. The van der Waals surface area contributed by atoms with Crippen LogP contribution < -0.4 is 5.73 Å². The maximum absolute atomic E-state index is 6.15. The summed E-state index contributed by atoms with van der Waals surface area (Å²) in [5, 5.41) is 0.878. The first kappa shape index (κ1) is 11.3. The molecule has 1 nitrogen and oxygen atoms in total. The summed E-state index contributed by atoms with van der Waals surface area (Å²) in [4.78, 5) is 0. The molecule has 1 saturated heterocycles. The largest absolute Gasteiger partial charge is 0.327 e. The van der Waals surface area contributed by atoms with E-state index in [2.05, 4.69) is 6.07 Å². The Hall–Kier alpha value is -0.180. The Balaban J connectivity index is 2.04. The zero-order chi connectivity index (χ0) is 10.7. The molecule has 0 amide bonds. The highest BCUT2D eigenvalue weighted by molar-refractivity contribution is 7.99. The van der Waals surface area contributed by atoms with Crippen molar-refractivity contribution in [3.8, 4) is 0 Å². The Morgan fingerprint density at radius 1 is 1.40 bits per heavy atom. The Morgan fingerprint density at radius 2 is 2.20 bits per heavy atom. The Kier molecular flexibility index (Phi) is 3.95. The van der Waals surface area contributed by atoms with Crippen LogP contribution in [0.2, 0.25) is 5.02 Å². The van der Waals surface area contributed by atoms with E-state index in [0.29, 0.717) is 12.0 Å². The van der Waals surface area contributed by atoms with Crippen LogP contribution in [-0.2, 0) is 6.42 Å². The van der Waals surface area contributed by atoms with Crippen molar-refractivity contribution in [2.45, 2.75) is 18.9 Å². The van der Waals surface area contributed by atoms with Crippen LogP contribution in [0, 0.1) is 5.92 Å². The van der Waals surface area contributed by atoms with Gasteiger partial charge in [-0.2, -0.15) is 11.8 Å². The van der Waals surface area contributed by atoms with E-state index in [1.807, 2.05) is 30.0 Å². The van der Waals surface area contributed by atoms with Crippen LogP contribution in [0.3, 0.4) is 0 Å². The molecule has 0 bridgehead atoms. The molecule has 0 aromatic heterocycles. The Labute approximate surface area is 100 Å². The fourth-order valence-corrected chi connectivity index (χ4v) is 3.40. The molecular weight excluding hydrogens is 226 g/mol. The smallest absolute Gasteiger partial charge is 0.0438 e. The van der Waals surface area contributed by atoms with E-state index in [1.54, 1.807) is 0 Å². The van der Waals surface area contributed by atoms with Crippen molar-refractivity contribution in [2.75, 3.05) is 11.5 Å². The van der Waals surface area contributed by atoms with Gasteiger partial charge in [-0.05, 0) is 36.1 Å². The number of thioether (sulfide) groups is 1. The van der Waals surface area contributed by atoms with Crippen LogP contribution in [-0.4, -0.2) is 17.5 Å². The van der Waals surface area contributed by atoms with E-state index in [-0.39, 0.29) is 0 Å². The van der Waals surface area contributed by atoms with Crippen LogP contribution in [0.4, 0.5) is 0 Å². The van der Waals surface area contributed by atoms with Gasteiger partial charge in [-0.15, -0.1) is 0 Å². The molecule has 82 valence electrons. The summed E-state index contributed by atoms with van der Waals surface area (Å²) in [6.07, 6.45) is 2.25. The van der Waals surface area contributed by atoms with Gasteiger partial charge in [0.05, 0.1) is 0 Å². The van der Waals surface area contributed by atoms with E-state index in [0.717, 1.165) is 17.2 Å². The summed E-state index contributed by atoms with van der Waals surface area (Å²) in [5.74, 6) is 2.93. The highest BCUT2D eigenvalue weighted by Crippen LogP contribution is 2.27. The molecule has 1 aliphatic heterocycles. The van der Waals surface area contributed by atoms with Crippen molar-refractivity contribution in [1.29, 1.82) is 0 Å². The van der Waals surface area contributed by atoms with Crippen LogP contribution in [0.5, 0.6) is 0 Å². The second-order valence-corrected chi connectivity index (χ2v) is 5.64. The minimum Gasteiger partial charge on any atom is -0.327 e. The average molecular weight is 242 g/mol. The molecule has 2 N–H and O–H groups in total. The lowest BCUT2D eigenvalue weighted by Gasteiger charge is -2.28. The summed E-state index contributed by atoms with van der Waals surface area (Å²) < 4.78 is 0. The van der Waals surface area contributed by atoms with E-state index < -0.39 is 0 Å². The molecule has 0 spiro atoms. The summed E-state index contributed by atoms with van der Waals surface area (Å²) in [6, 6.07) is 8.42. The summed E-state index contributed by atoms with van der Waals surface area (Å²) in [5.41, 5.74) is 7.36. The zero-order valence-corrected chi connectivity index (χ0v) is 10.2. The lowest BCUT2D eigenvalue weighted by molar-refractivity contribution is 0.425. The predicted molar refractivity (Wildman–Crippen MR) is 68.6 cm³/mol. The molecule has 2 atom stereocenters. The van der Waals surface area contributed by atoms with Gasteiger partial charge in [0.25, 0.3) is 0 Å². The summed E-state index contributed by atoms with van der Waals surface area (Å²) in [7, 11) is 0. The normalized spacial score (nSPS) is 26.5. The van der Waals surface area contributed by atoms with Gasteiger partial charge in [-0.3, -0.25) is 0 Å². The molecule has 1 fully saturated rings. The first-order chi connectivity index (χ1) is 7.27. The third-order valence-corrected chi connectivity index (χ3v) is 4.50. The van der Waals surface area contributed by atoms with Crippen LogP contribution in [0.15, 0.2) is 24.3 Å². The van der Waals surface area contributed by atoms with E-state index in [1.165, 1.54) is 17.7 Å². The van der Waals surface area contributed by atoms with Crippen molar-refractivity contribution in [3.05, 3.63) is 34.9 Å². The molecule has 1 aromatic carbocycles.